The van der Waals surface area contributed by atoms with Crippen molar-refractivity contribution in [1.82, 2.24) is 5.32 Å². The molecule has 2 aromatic carbocycles. The van der Waals surface area contributed by atoms with Crippen LogP contribution in [0, 0.1) is 0 Å². The van der Waals surface area contributed by atoms with Crippen molar-refractivity contribution < 1.29 is 9.52 Å². The molecule has 0 bridgehead atoms. The maximum atomic E-state index is 10.0. The first-order valence-corrected chi connectivity index (χ1v) is 7.80. The minimum absolute atomic E-state index is 0.145. The van der Waals surface area contributed by atoms with Crippen LogP contribution in [0.5, 0.6) is 5.75 Å². The number of fused-ring (bicyclic) bond motifs is 2. The van der Waals surface area contributed by atoms with E-state index in [0.29, 0.717) is 5.02 Å². The zero-order valence-corrected chi connectivity index (χ0v) is 12.7. The van der Waals surface area contributed by atoms with Crippen LogP contribution in [0.3, 0.4) is 0 Å². The first-order valence-electron chi connectivity index (χ1n) is 7.42. The van der Waals surface area contributed by atoms with Crippen molar-refractivity contribution in [3.8, 4) is 5.75 Å². The Bertz CT molecular complexity index is 840. The van der Waals surface area contributed by atoms with E-state index >= 15 is 0 Å². The third-order valence-corrected chi connectivity index (χ3v) is 4.71. The van der Waals surface area contributed by atoms with E-state index in [-0.39, 0.29) is 11.7 Å². The molecular weight excluding hydrogens is 298 g/mol. The van der Waals surface area contributed by atoms with Gasteiger partial charge in [-0.25, -0.2) is 0 Å². The Morgan fingerprint density at radius 2 is 2.09 bits per heavy atom. The van der Waals surface area contributed by atoms with Gasteiger partial charge in [-0.05, 0) is 53.9 Å². The van der Waals surface area contributed by atoms with E-state index in [0.717, 1.165) is 36.0 Å². The standard InChI is InChI=1S/C18H16ClNO2/c19-16-8-11-4-6-20-10-15(14(11)9-17(16)21)12-2-1-3-18-13(12)5-7-22-18/h1-3,5,7-9,15,20-21H,4,6,10H2. The van der Waals surface area contributed by atoms with Crippen LogP contribution in [0.1, 0.15) is 22.6 Å². The van der Waals surface area contributed by atoms with Gasteiger partial charge in [0.05, 0.1) is 11.3 Å². The average Bonchev–Trinajstić information content (AvgIpc) is 2.91. The van der Waals surface area contributed by atoms with Gasteiger partial charge in [-0.1, -0.05) is 23.7 Å². The fourth-order valence-corrected chi connectivity index (χ4v) is 3.52. The maximum absolute atomic E-state index is 10.0. The number of hydrogen-bond donors (Lipinski definition) is 2. The normalized spacial score (nSPS) is 18.1. The molecule has 0 aliphatic carbocycles. The van der Waals surface area contributed by atoms with Crippen molar-refractivity contribution in [3.05, 3.63) is 64.4 Å². The van der Waals surface area contributed by atoms with Gasteiger partial charge in [0.1, 0.15) is 11.3 Å². The van der Waals surface area contributed by atoms with Gasteiger partial charge in [-0.2, -0.15) is 0 Å². The van der Waals surface area contributed by atoms with E-state index in [9.17, 15) is 5.11 Å². The number of phenolic OH excluding ortho intramolecular Hbond substituents is 1. The van der Waals surface area contributed by atoms with Crippen LogP contribution in [-0.4, -0.2) is 18.2 Å². The highest BCUT2D eigenvalue weighted by atomic mass is 35.5. The van der Waals surface area contributed by atoms with Crippen molar-refractivity contribution in [2.24, 2.45) is 0 Å². The second-order valence-corrected chi connectivity index (χ2v) is 6.10. The van der Waals surface area contributed by atoms with Crippen molar-refractivity contribution in [3.63, 3.8) is 0 Å². The number of benzene rings is 2. The van der Waals surface area contributed by atoms with Crippen molar-refractivity contribution in [1.29, 1.82) is 0 Å². The van der Waals surface area contributed by atoms with Gasteiger partial charge < -0.3 is 14.8 Å². The summed E-state index contributed by atoms with van der Waals surface area (Å²) >= 11 is 6.08. The lowest BCUT2D eigenvalue weighted by molar-refractivity contribution is 0.474. The van der Waals surface area contributed by atoms with E-state index in [1.54, 1.807) is 6.26 Å². The van der Waals surface area contributed by atoms with Crippen LogP contribution in [-0.2, 0) is 6.42 Å². The summed E-state index contributed by atoms with van der Waals surface area (Å²) < 4.78 is 5.52. The van der Waals surface area contributed by atoms with Gasteiger partial charge in [-0.3, -0.25) is 0 Å². The van der Waals surface area contributed by atoms with Gasteiger partial charge in [0.25, 0.3) is 0 Å². The van der Waals surface area contributed by atoms with Crippen LogP contribution in [0.4, 0.5) is 0 Å². The molecule has 0 saturated carbocycles. The van der Waals surface area contributed by atoms with Gasteiger partial charge in [-0.15, -0.1) is 0 Å². The summed E-state index contributed by atoms with van der Waals surface area (Å²) in [4.78, 5) is 0. The molecule has 1 aromatic heterocycles. The van der Waals surface area contributed by atoms with Crippen LogP contribution in [0.15, 0.2) is 47.1 Å². The number of nitrogens with one attached hydrogen (secondary N) is 1. The molecule has 4 rings (SSSR count). The van der Waals surface area contributed by atoms with E-state index in [1.165, 1.54) is 11.1 Å². The van der Waals surface area contributed by atoms with Gasteiger partial charge in [0, 0.05) is 17.8 Å². The van der Waals surface area contributed by atoms with Gasteiger partial charge in [0.15, 0.2) is 0 Å². The smallest absolute Gasteiger partial charge is 0.134 e. The molecule has 22 heavy (non-hydrogen) atoms. The zero-order valence-electron chi connectivity index (χ0n) is 12.0. The lowest BCUT2D eigenvalue weighted by Gasteiger charge is -2.19. The summed E-state index contributed by atoms with van der Waals surface area (Å²) in [5.74, 6) is 0.314. The van der Waals surface area contributed by atoms with E-state index in [2.05, 4.69) is 11.4 Å². The van der Waals surface area contributed by atoms with Crippen LogP contribution in [0.2, 0.25) is 5.02 Å². The van der Waals surface area contributed by atoms with E-state index in [4.69, 9.17) is 16.0 Å². The first kappa shape index (κ1) is 13.7. The number of rotatable bonds is 1. The molecular formula is C18H16ClNO2. The molecule has 3 aromatic rings. The first-order chi connectivity index (χ1) is 10.7. The highest BCUT2D eigenvalue weighted by Crippen LogP contribution is 2.37. The molecule has 1 atom stereocenters. The predicted molar refractivity (Wildman–Crippen MR) is 87.7 cm³/mol. The predicted octanol–water partition coefficient (Wildman–Crippen LogP) is 4.07. The highest BCUT2D eigenvalue weighted by molar-refractivity contribution is 6.32. The monoisotopic (exact) mass is 313 g/mol. The molecule has 3 nitrogen and oxygen atoms in total. The number of halogens is 1. The van der Waals surface area contributed by atoms with Crippen LogP contribution >= 0.6 is 11.6 Å². The van der Waals surface area contributed by atoms with Crippen molar-refractivity contribution in [2.75, 3.05) is 13.1 Å². The molecule has 0 fully saturated rings. The maximum Gasteiger partial charge on any atom is 0.134 e. The van der Waals surface area contributed by atoms with E-state index < -0.39 is 0 Å². The second-order valence-electron chi connectivity index (χ2n) is 5.69. The fraction of sp³-hybridized carbons (Fsp3) is 0.222. The molecule has 0 amide bonds. The average molecular weight is 314 g/mol. The SMILES string of the molecule is Oc1cc2c(cc1Cl)CCNCC2c1cccc2occc12. The summed E-state index contributed by atoms with van der Waals surface area (Å²) in [6.07, 6.45) is 2.63. The Hall–Kier alpha value is -1.97. The molecule has 4 heteroatoms. The zero-order chi connectivity index (χ0) is 15.1. The molecule has 0 spiro atoms. The molecule has 2 N–H and O–H groups in total. The Balaban J connectivity index is 1.92. The third-order valence-electron chi connectivity index (χ3n) is 4.41. The number of phenols is 1. The second kappa shape index (κ2) is 5.34. The minimum atomic E-state index is 0.145. The minimum Gasteiger partial charge on any atom is -0.506 e. The van der Waals surface area contributed by atoms with E-state index in [1.807, 2.05) is 30.3 Å². The summed E-state index contributed by atoms with van der Waals surface area (Å²) in [5.41, 5.74) is 4.43. The molecule has 0 saturated heterocycles. The lowest BCUT2D eigenvalue weighted by Crippen LogP contribution is -2.21. The Kier molecular flexibility index (Phi) is 3.32. The molecule has 1 aliphatic heterocycles. The largest absolute Gasteiger partial charge is 0.506 e. The van der Waals surface area contributed by atoms with Crippen LogP contribution in [0.25, 0.3) is 11.0 Å². The third kappa shape index (κ3) is 2.18. The molecule has 0 radical (unpaired) electrons. The summed E-state index contributed by atoms with van der Waals surface area (Å²) in [6, 6.07) is 11.8. The Morgan fingerprint density at radius 3 is 3.00 bits per heavy atom. The van der Waals surface area contributed by atoms with Crippen molar-refractivity contribution >= 4 is 22.6 Å². The Morgan fingerprint density at radius 1 is 1.18 bits per heavy atom. The number of aromatic hydroxyl groups is 1. The lowest BCUT2D eigenvalue weighted by atomic mass is 9.86. The van der Waals surface area contributed by atoms with Crippen LogP contribution < -0.4 is 5.32 Å². The molecule has 112 valence electrons. The van der Waals surface area contributed by atoms with Gasteiger partial charge >= 0.3 is 0 Å². The summed E-state index contributed by atoms with van der Waals surface area (Å²) in [5, 5.41) is 15.1. The molecule has 1 unspecified atom stereocenters. The van der Waals surface area contributed by atoms with Crippen molar-refractivity contribution in [2.45, 2.75) is 12.3 Å². The molecule has 1 aliphatic rings. The number of hydrogen-bond acceptors (Lipinski definition) is 3. The summed E-state index contributed by atoms with van der Waals surface area (Å²) in [6.45, 7) is 1.74. The highest BCUT2D eigenvalue weighted by Gasteiger charge is 2.23. The fourth-order valence-electron chi connectivity index (χ4n) is 3.34. The number of furan rings is 1. The Labute approximate surface area is 133 Å². The molecule has 2 heterocycles. The quantitative estimate of drug-likeness (QED) is 0.712. The summed E-state index contributed by atoms with van der Waals surface area (Å²) in [7, 11) is 0. The van der Waals surface area contributed by atoms with Gasteiger partial charge in [0.2, 0.25) is 0 Å². The topological polar surface area (TPSA) is 45.4 Å².